The van der Waals surface area contributed by atoms with Crippen molar-refractivity contribution in [2.45, 2.75) is 38.0 Å². The number of anilines is 2. The van der Waals surface area contributed by atoms with Crippen molar-refractivity contribution >= 4 is 40.2 Å². The lowest BCUT2D eigenvalue weighted by atomic mass is 9.79. The Morgan fingerprint density at radius 2 is 1.77 bits per heavy atom. The zero-order valence-electron chi connectivity index (χ0n) is 22.3. The maximum absolute atomic E-state index is 12.9. The number of para-hydroxylation sites is 2. The monoisotopic (exact) mass is 551 g/mol. The van der Waals surface area contributed by atoms with E-state index in [-0.39, 0.29) is 11.3 Å². The summed E-state index contributed by atoms with van der Waals surface area (Å²) in [7, 11) is 1.37. The Morgan fingerprint density at radius 3 is 2.50 bits per heavy atom. The molecule has 8 nitrogen and oxygen atoms in total. The standard InChI is InChI=1S/C31H29N5O3S/c1-19-27(36-16-13-21(29(38)39-2)17-26(36)33-19)25-18-40-30(35-25)31(14-5-6-15-31)22-11-9-20(10-12-22)28(37)34-24-8-4-3-7-23(24)32/h3-4,7-13,16-18H,5-6,14-15,32H2,1-2H3,(H,34,37). The number of amides is 1. The average Bonchev–Trinajstić information content (AvgIpc) is 3.72. The number of aromatic nitrogens is 3. The van der Waals surface area contributed by atoms with E-state index < -0.39 is 5.97 Å². The first-order valence-corrected chi connectivity index (χ1v) is 14.1. The molecule has 2 aromatic carbocycles. The molecule has 202 valence electrons. The van der Waals surface area contributed by atoms with Crippen molar-refractivity contribution in [3.05, 3.63) is 99.6 Å². The number of hydrogen-bond donors (Lipinski definition) is 2. The number of ether oxygens (including phenoxy) is 1. The molecule has 5 aromatic rings. The summed E-state index contributed by atoms with van der Waals surface area (Å²) in [5.41, 5.74) is 12.4. The third-order valence-corrected chi connectivity index (χ3v) is 8.79. The number of fused-ring (bicyclic) bond motifs is 1. The highest BCUT2D eigenvalue weighted by atomic mass is 32.1. The van der Waals surface area contributed by atoms with Crippen LogP contribution in [0.3, 0.4) is 0 Å². The van der Waals surface area contributed by atoms with Crippen LogP contribution in [0.25, 0.3) is 17.0 Å². The van der Waals surface area contributed by atoms with Crippen molar-refractivity contribution < 1.29 is 14.3 Å². The highest BCUT2D eigenvalue weighted by molar-refractivity contribution is 7.10. The van der Waals surface area contributed by atoms with Crippen molar-refractivity contribution in [1.82, 2.24) is 14.4 Å². The Balaban J connectivity index is 1.31. The van der Waals surface area contributed by atoms with Crippen LogP contribution in [0, 0.1) is 6.92 Å². The van der Waals surface area contributed by atoms with Gasteiger partial charge in [-0.3, -0.25) is 9.20 Å². The van der Waals surface area contributed by atoms with E-state index in [0.29, 0.717) is 28.1 Å². The number of nitrogens with two attached hydrogens (primary N) is 1. The lowest BCUT2D eigenvalue weighted by Crippen LogP contribution is -2.24. The Kier molecular flexibility index (Phi) is 6.59. The second kappa shape index (κ2) is 10.2. The number of carbonyl (C=O) groups excluding carboxylic acids is 2. The number of hydrogen-bond acceptors (Lipinski definition) is 7. The molecule has 0 atom stereocenters. The zero-order chi connectivity index (χ0) is 27.9. The lowest BCUT2D eigenvalue weighted by Gasteiger charge is -2.27. The maximum atomic E-state index is 12.9. The van der Waals surface area contributed by atoms with E-state index in [1.54, 1.807) is 35.6 Å². The van der Waals surface area contributed by atoms with Gasteiger partial charge in [0.2, 0.25) is 0 Å². The lowest BCUT2D eigenvalue weighted by molar-refractivity contribution is 0.0600. The van der Waals surface area contributed by atoms with Crippen LogP contribution in [0.2, 0.25) is 0 Å². The number of nitrogens with zero attached hydrogens (tertiary/aromatic N) is 3. The van der Waals surface area contributed by atoms with E-state index >= 15 is 0 Å². The largest absolute Gasteiger partial charge is 0.465 e. The van der Waals surface area contributed by atoms with Gasteiger partial charge in [0, 0.05) is 22.6 Å². The fourth-order valence-electron chi connectivity index (χ4n) is 5.67. The molecule has 6 rings (SSSR count). The van der Waals surface area contributed by atoms with E-state index in [0.717, 1.165) is 47.8 Å². The highest BCUT2D eigenvalue weighted by Gasteiger charge is 2.40. The van der Waals surface area contributed by atoms with Crippen LogP contribution < -0.4 is 11.1 Å². The predicted octanol–water partition coefficient (Wildman–Crippen LogP) is 6.25. The van der Waals surface area contributed by atoms with Crippen LogP contribution in [0.5, 0.6) is 0 Å². The number of nitrogen functional groups attached to an aromatic ring is 1. The number of pyridine rings is 1. The molecule has 1 fully saturated rings. The molecule has 0 aliphatic heterocycles. The van der Waals surface area contributed by atoms with Crippen LogP contribution in [0.4, 0.5) is 11.4 Å². The van der Waals surface area contributed by atoms with E-state index in [9.17, 15) is 9.59 Å². The van der Waals surface area contributed by atoms with Crippen LogP contribution in [-0.2, 0) is 10.2 Å². The number of carbonyl (C=O) groups is 2. The summed E-state index contributed by atoms with van der Waals surface area (Å²) in [6.45, 7) is 1.96. The van der Waals surface area contributed by atoms with Gasteiger partial charge < -0.3 is 15.8 Å². The van der Waals surface area contributed by atoms with Gasteiger partial charge in [0.15, 0.2) is 0 Å². The Bertz CT molecular complexity index is 1730. The van der Waals surface area contributed by atoms with Gasteiger partial charge in [0.05, 0.1) is 35.4 Å². The van der Waals surface area contributed by atoms with Gasteiger partial charge in [-0.25, -0.2) is 14.8 Å². The number of aryl methyl sites for hydroxylation is 1. The van der Waals surface area contributed by atoms with Gasteiger partial charge in [-0.2, -0.15) is 0 Å². The fraction of sp³-hybridized carbons (Fsp3) is 0.226. The minimum absolute atomic E-state index is 0.195. The van der Waals surface area contributed by atoms with E-state index in [2.05, 4.69) is 27.8 Å². The van der Waals surface area contributed by atoms with Gasteiger partial charge in [-0.1, -0.05) is 37.1 Å². The molecule has 40 heavy (non-hydrogen) atoms. The second-order valence-corrected chi connectivity index (χ2v) is 11.0. The van der Waals surface area contributed by atoms with Crippen molar-refractivity contribution in [1.29, 1.82) is 0 Å². The third kappa shape index (κ3) is 4.42. The average molecular weight is 552 g/mol. The van der Waals surface area contributed by atoms with E-state index in [1.165, 1.54) is 12.7 Å². The molecule has 9 heteroatoms. The molecule has 1 amide bonds. The smallest absolute Gasteiger partial charge is 0.338 e. The van der Waals surface area contributed by atoms with Crippen LogP contribution >= 0.6 is 11.3 Å². The van der Waals surface area contributed by atoms with Gasteiger partial charge in [0.1, 0.15) is 16.3 Å². The molecule has 3 heterocycles. The molecule has 1 aliphatic rings. The second-order valence-electron chi connectivity index (χ2n) is 10.1. The first-order chi connectivity index (χ1) is 19.4. The molecule has 3 N–H and O–H groups in total. The number of esters is 1. The number of thiazole rings is 1. The topological polar surface area (TPSA) is 112 Å². The predicted molar refractivity (Wildman–Crippen MR) is 157 cm³/mol. The van der Waals surface area contributed by atoms with Gasteiger partial charge in [0.25, 0.3) is 5.91 Å². The molecule has 0 bridgehead atoms. The van der Waals surface area contributed by atoms with Gasteiger partial charge in [-0.05, 0) is 61.7 Å². The minimum Gasteiger partial charge on any atom is -0.465 e. The molecular weight excluding hydrogens is 522 g/mol. The molecule has 0 saturated heterocycles. The first kappa shape index (κ1) is 25.8. The summed E-state index contributed by atoms with van der Waals surface area (Å²) in [5.74, 6) is -0.587. The summed E-state index contributed by atoms with van der Waals surface area (Å²) in [6, 6.07) is 18.6. The quantitative estimate of drug-likeness (QED) is 0.191. The number of imidazole rings is 1. The molecule has 0 spiro atoms. The van der Waals surface area contributed by atoms with Crippen molar-refractivity contribution in [3.8, 4) is 11.4 Å². The first-order valence-electron chi connectivity index (χ1n) is 13.2. The van der Waals surface area contributed by atoms with E-state index in [1.807, 2.05) is 41.8 Å². The Morgan fingerprint density at radius 1 is 1.02 bits per heavy atom. The van der Waals surface area contributed by atoms with Crippen LogP contribution in [0.1, 0.15) is 62.7 Å². The number of benzene rings is 2. The molecule has 0 radical (unpaired) electrons. The summed E-state index contributed by atoms with van der Waals surface area (Å²) in [4.78, 5) is 34.7. The maximum Gasteiger partial charge on any atom is 0.338 e. The summed E-state index contributed by atoms with van der Waals surface area (Å²) >= 11 is 1.66. The molecule has 1 aliphatic carbocycles. The molecule has 3 aromatic heterocycles. The van der Waals surface area contributed by atoms with Crippen molar-refractivity contribution in [2.24, 2.45) is 0 Å². The van der Waals surface area contributed by atoms with Crippen molar-refractivity contribution in [3.63, 3.8) is 0 Å². The summed E-state index contributed by atoms with van der Waals surface area (Å²) in [6.07, 6.45) is 6.08. The zero-order valence-corrected chi connectivity index (χ0v) is 23.1. The number of rotatable bonds is 6. The minimum atomic E-state index is -0.392. The fourth-order valence-corrected chi connectivity index (χ4v) is 6.75. The molecule has 1 saturated carbocycles. The van der Waals surface area contributed by atoms with Crippen LogP contribution in [-0.4, -0.2) is 33.4 Å². The van der Waals surface area contributed by atoms with Gasteiger partial charge >= 0.3 is 5.97 Å². The normalized spacial score (nSPS) is 14.3. The van der Waals surface area contributed by atoms with Crippen molar-refractivity contribution in [2.75, 3.05) is 18.2 Å². The van der Waals surface area contributed by atoms with Crippen LogP contribution in [0.15, 0.2) is 72.2 Å². The molecular formula is C31H29N5O3S. The van der Waals surface area contributed by atoms with Gasteiger partial charge in [-0.15, -0.1) is 11.3 Å². The number of nitrogens with one attached hydrogen (secondary N) is 1. The number of methoxy groups -OCH3 is 1. The highest BCUT2D eigenvalue weighted by Crippen LogP contribution is 2.48. The Hall–Kier alpha value is -4.50. The Labute approximate surface area is 235 Å². The third-order valence-electron chi connectivity index (χ3n) is 7.74. The summed E-state index contributed by atoms with van der Waals surface area (Å²) < 4.78 is 6.83. The van der Waals surface area contributed by atoms with E-state index in [4.69, 9.17) is 15.5 Å². The SMILES string of the molecule is COC(=O)c1ccn2c(-c3csc(C4(c5ccc(C(=O)Nc6ccccc6N)cc5)CCCC4)n3)c(C)nc2c1. The summed E-state index contributed by atoms with van der Waals surface area (Å²) in [5, 5.41) is 6.05. The molecule has 0 unspecified atom stereocenters.